The second kappa shape index (κ2) is 7.22. The van der Waals surface area contributed by atoms with E-state index in [-0.39, 0.29) is 17.5 Å². The molecule has 0 aliphatic carbocycles. The van der Waals surface area contributed by atoms with Crippen LogP contribution in [-0.4, -0.2) is 41.5 Å². The van der Waals surface area contributed by atoms with Crippen LogP contribution in [0, 0.1) is 0 Å². The standard InChI is InChI=1S/C16H22N2O3/c1-18-10-4-2-3-5-14(18)15(19)17-11-12-6-8-13(9-7-12)16(20)21/h6-9,14H,2-5,10-11H2,1H3,(H,17,19)(H,20,21)/t14-/m1/s1. The summed E-state index contributed by atoms with van der Waals surface area (Å²) in [5.74, 6) is -0.882. The predicted octanol–water partition coefficient (Wildman–Crippen LogP) is 1.88. The zero-order valence-electron chi connectivity index (χ0n) is 12.3. The Hall–Kier alpha value is -1.88. The summed E-state index contributed by atoms with van der Waals surface area (Å²) in [7, 11) is 2.00. The second-order valence-electron chi connectivity index (χ2n) is 5.57. The Morgan fingerprint density at radius 2 is 1.95 bits per heavy atom. The minimum absolute atomic E-state index is 0.0502. The lowest BCUT2D eigenvalue weighted by Crippen LogP contribution is -2.44. The number of nitrogens with one attached hydrogen (secondary N) is 1. The zero-order valence-corrected chi connectivity index (χ0v) is 12.3. The van der Waals surface area contributed by atoms with Crippen LogP contribution in [0.4, 0.5) is 0 Å². The maximum absolute atomic E-state index is 12.3. The predicted molar refractivity (Wildman–Crippen MR) is 80.1 cm³/mol. The molecule has 0 radical (unpaired) electrons. The molecule has 5 nitrogen and oxygen atoms in total. The number of carbonyl (C=O) groups is 2. The largest absolute Gasteiger partial charge is 0.478 e. The average Bonchev–Trinajstić information content (AvgIpc) is 2.70. The van der Waals surface area contributed by atoms with Gasteiger partial charge in [-0.05, 0) is 44.1 Å². The minimum Gasteiger partial charge on any atom is -0.478 e. The Morgan fingerprint density at radius 1 is 1.24 bits per heavy atom. The van der Waals surface area contributed by atoms with Gasteiger partial charge in [-0.2, -0.15) is 0 Å². The van der Waals surface area contributed by atoms with Crippen LogP contribution in [0.2, 0.25) is 0 Å². The topological polar surface area (TPSA) is 69.6 Å². The summed E-state index contributed by atoms with van der Waals surface area (Å²) in [4.78, 5) is 25.2. The number of aromatic carboxylic acids is 1. The van der Waals surface area contributed by atoms with E-state index in [2.05, 4.69) is 10.2 Å². The molecule has 1 fully saturated rings. The molecule has 1 aromatic rings. The number of hydrogen-bond acceptors (Lipinski definition) is 3. The van der Waals surface area contributed by atoms with Crippen molar-refractivity contribution in [3.8, 4) is 0 Å². The third-order valence-corrected chi connectivity index (χ3v) is 3.99. The number of rotatable bonds is 4. The lowest BCUT2D eigenvalue weighted by atomic mass is 10.1. The van der Waals surface area contributed by atoms with Crippen LogP contribution in [0.25, 0.3) is 0 Å². The van der Waals surface area contributed by atoms with Gasteiger partial charge in [0.1, 0.15) is 0 Å². The van der Waals surface area contributed by atoms with Gasteiger partial charge < -0.3 is 10.4 Å². The van der Waals surface area contributed by atoms with Crippen LogP contribution in [0.5, 0.6) is 0 Å². The lowest BCUT2D eigenvalue weighted by Gasteiger charge is -2.24. The molecule has 0 bridgehead atoms. The van der Waals surface area contributed by atoms with Crippen LogP contribution in [0.3, 0.4) is 0 Å². The van der Waals surface area contributed by atoms with Crippen molar-refractivity contribution in [3.63, 3.8) is 0 Å². The molecule has 114 valence electrons. The summed E-state index contributed by atoms with van der Waals surface area (Å²) in [6, 6.07) is 6.54. The highest BCUT2D eigenvalue weighted by Gasteiger charge is 2.24. The van der Waals surface area contributed by atoms with Crippen molar-refractivity contribution in [1.29, 1.82) is 0 Å². The number of carboxylic acid groups (broad SMARTS) is 1. The molecular formula is C16H22N2O3. The third kappa shape index (κ3) is 4.29. The highest BCUT2D eigenvalue weighted by molar-refractivity contribution is 5.87. The van der Waals surface area contributed by atoms with Gasteiger partial charge in [-0.25, -0.2) is 4.79 Å². The van der Waals surface area contributed by atoms with Gasteiger partial charge in [-0.1, -0.05) is 25.0 Å². The summed E-state index contributed by atoms with van der Waals surface area (Å²) in [6.07, 6.45) is 4.33. The van der Waals surface area contributed by atoms with E-state index in [1.807, 2.05) is 7.05 Å². The van der Waals surface area contributed by atoms with E-state index in [4.69, 9.17) is 5.11 Å². The van der Waals surface area contributed by atoms with E-state index >= 15 is 0 Å². The first-order valence-corrected chi connectivity index (χ1v) is 7.38. The Labute approximate surface area is 125 Å². The van der Waals surface area contributed by atoms with E-state index in [0.29, 0.717) is 6.54 Å². The molecule has 5 heteroatoms. The zero-order chi connectivity index (χ0) is 15.2. The van der Waals surface area contributed by atoms with Crippen molar-refractivity contribution < 1.29 is 14.7 Å². The minimum atomic E-state index is -0.939. The van der Waals surface area contributed by atoms with Gasteiger partial charge in [-0.3, -0.25) is 9.69 Å². The number of likely N-dealkylation sites (N-methyl/N-ethyl adjacent to an activating group) is 1. The van der Waals surface area contributed by atoms with Gasteiger partial charge in [0.15, 0.2) is 0 Å². The number of carbonyl (C=O) groups excluding carboxylic acids is 1. The third-order valence-electron chi connectivity index (χ3n) is 3.99. The molecule has 1 amide bonds. The lowest BCUT2D eigenvalue weighted by molar-refractivity contribution is -0.126. The molecule has 1 aliphatic rings. The molecule has 1 saturated heterocycles. The molecule has 2 rings (SSSR count). The van der Waals surface area contributed by atoms with E-state index < -0.39 is 5.97 Å². The first kappa shape index (κ1) is 15.5. The molecule has 2 N–H and O–H groups in total. The van der Waals surface area contributed by atoms with Crippen molar-refractivity contribution in [2.75, 3.05) is 13.6 Å². The molecule has 0 unspecified atom stereocenters. The molecule has 1 atom stereocenters. The Bertz CT molecular complexity index is 499. The fourth-order valence-electron chi connectivity index (χ4n) is 2.66. The summed E-state index contributed by atoms with van der Waals surface area (Å²) in [5, 5.41) is 11.8. The summed E-state index contributed by atoms with van der Waals surface area (Å²) >= 11 is 0. The summed E-state index contributed by atoms with van der Waals surface area (Å²) < 4.78 is 0. The number of hydrogen-bond donors (Lipinski definition) is 2. The number of amides is 1. The fourth-order valence-corrected chi connectivity index (χ4v) is 2.66. The van der Waals surface area contributed by atoms with Gasteiger partial charge in [0.2, 0.25) is 5.91 Å². The van der Waals surface area contributed by atoms with Crippen molar-refractivity contribution >= 4 is 11.9 Å². The van der Waals surface area contributed by atoms with Gasteiger partial charge in [-0.15, -0.1) is 0 Å². The maximum atomic E-state index is 12.3. The molecule has 0 saturated carbocycles. The van der Waals surface area contributed by atoms with Crippen LogP contribution >= 0.6 is 0 Å². The smallest absolute Gasteiger partial charge is 0.335 e. The summed E-state index contributed by atoms with van der Waals surface area (Å²) in [5.41, 5.74) is 1.17. The first-order valence-electron chi connectivity index (χ1n) is 7.38. The van der Waals surface area contributed by atoms with E-state index in [1.165, 1.54) is 6.42 Å². The van der Waals surface area contributed by atoms with Crippen LogP contribution in [-0.2, 0) is 11.3 Å². The molecule has 0 spiro atoms. The van der Waals surface area contributed by atoms with Crippen LogP contribution in [0.15, 0.2) is 24.3 Å². The number of nitrogens with zero attached hydrogens (tertiary/aromatic N) is 1. The monoisotopic (exact) mass is 290 g/mol. The fraction of sp³-hybridized carbons (Fsp3) is 0.500. The van der Waals surface area contributed by atoms with Crippen molar-refractivity contribution in [2.45, 2.75) is 38.3 Å². The molecule has 1 aliphatic heterocycles. The first-order chi connectivity index (χ1) is 10.1. The highest BCUT2D eigenvalue weighted by atomic mass is 16.4. The van der Waals surface area contributed by atoms with Gasteiger partial charge >= 0.3 is 5.97 Å². The van der Waals surface area contributed by atoms with Crippen molar-refractivity contribution in [3.05, 3.63) is 35.4 Å². The van der Waals surface area contributed by atoms with E-state index in [0.717, 1.165) is 31.4 Å². The Morgan fingerprint density at radius 3 is 2.62 bits per heavy atom. The number of benzene rings is 1. The molecular weight excluding hydrogens is 268 g/mol. The van der Waals surface area contributed by atoms with Crippen LogP contribution in [0.1, 0.15) is 41.6 Å². The molecule has 1 aromatic carbocycles. The number of carboxylic acids is 1. The Kier molecular flexibility index (Phi) is 5.33. The quantitative estimate of drug-likeness (QED) is 0.888. The van der Waals surface area contributed by atoms with Gasteiger partial charge in [0.25, 0.3) is 0 Å². The number of likely N-dealkylation sites (tertiary alicyclic amines) is 1. The van der Waals surface area contributed by atoms with E-state index in [9.17, 15) is 9.59 Å². The average molecular weight is 290 g/mol. The molecule has 1 heterocycles. The SMILES string of the molecule is CN1CCCCC[C@@H]1C(=O)NCc1ccc(C(=O)O)cc1. The molecule has 0 aromatic heterocycles. The Balaban J connectivity index is 1.89. The van der Waals surface area contributed by atoms with Crippen molar-refractivity contribution in [2.24, 2.45) is 0 Å². The van der Waals surface area contributed by atoms with Gasteiger partial charge in [0, 0.05) is 6.54 Å². The van der Waals surface area contributed by atoms with E-state index in [1.54, 1.807) is 24.3 Å². The normalized spacial score (nSPS) is 19.8. The second-order valence-corrected chi connectivity index (χ2v) is 5.57. The highest BCUT2D eigenvalue weighted by Crippen LogP contribution is 2.15. The summed E-state index contributed by atoms with van der Waals surface area (Å²) in [6.45, 7) is 1.40. The molecule has 21 heavy (non-hydrogen) atoms. The van der Waals surface area contributed by atoms with Crippen LogP contribution < -0.4 is 5.32 Å². The van der Waals surface area contributed by atoms with Crippen molar-refractivity contribution in [1.82, 2.24) is 10.2 Å². The van der Waals surface area contributed by atoms with Gasteiger partial charge in [0.05, 0.1) is 11.6 Å². The maximum Gasteiger partial charge on any atom is 0.335 e.